The van der Waals surface area contributed by atoms with Crippen LogP contribution in [0.4, 0.5) is 4.39 Å². The summed E-state index contributed by atoms with van der Waals surface area (Å²) >= 11 is 1.27. The highest BCUT2D eigenvalue weighted by atomic mass is 32.2. The lowest BCUT2D eigenvalue weighted by atomic mass is 10.1. The number of aromatic nitrogens is 3. The van der Waals surface area contributed by atoms with Crippen LogP contribution in [0.15, 0.2) is 53.7 Å². The van der Waals surface area contributed by atoms with Crippen LogP contribution in [0.25, 0.3) is 16.6 Å². The minimum Gasteiger partial charge on any atom is -0.293 e. The molecule has 0 aliphatic rings. The molecule has 6 heteroatoms. The van der Waals surface area contributed by atoms with Crippen molar-refractivity contribution in [3.05, 3.63) is 71.0 Å². The molecular weight excluding hydrogens is 349 g/mol. The molecular formula is C20H16FN3OS. The van der Waals surface area contributed by atoms with Crippen molar-refractivity contribution in [2.75, 3.05) is 5.75 Å². The summed E-state index contributed by atoms with van der Waals surface area (Å²) in [4.78, 5) is 12.4. The third-order valence-corrected chi connectivity index (χ3v) is 5.22. The zero-order chi connectivity index (χ0) is 18.3. The van der Waals surface area contributed by atoms with E-state index in [4.69, 9.17) is 0 Å². The van der Waals surface area contributed by atoms with Gasteiger partial charge >= 0.3 is 0 Å². The Morgan fingerprint density at radius 2 is 1.92 bits per heavy atom. The molecule has 26 heavy (non-hydrogen) atoms. The number of rotatable bonds is 4. The number of ketones is 1. The van der Waals surface area contributed by atoms with Crippen molar-refractivity contribution in [3.8, 4) is 0 Å². The summed E-state index contributed by atoms with van der Waals surface area (Å²) in [6.07, 6.45) is 0. The van der Waals surface area contributed by atoms with Gasteiger partial charge in [0, 0.05) is 0 Å². The number of thioether (sulfide) groups is 1. The Morgan fingerprint density at radius 1 is 1.12 bits per heavy atom. The third-order valence-electron chi connectivity index (χ3n) is 4.29. The molecule has 0 saturated carbocycles. The smallest absolute Gasteiger partial charge is 0.196 e. The Balaban J connectivity index is 1.73. The molecule has 4 nitrogen and oxygen atoms in total. The first-order valence-corrected chi connectivity index (χ1v) is 9.19. The topological polar surface area (TPSA) is 47.3 Å². The van der Waals surface area contributed by atoms with Crippen LogP contribution >= 0.6 is 11.8 Å². The summed E-state index contributed by atoms with van der Waals surface area (Å²) in [6.45, 7) is 4.02. The first-order valence-electron chi connectivity index (χ1n) is 8.20. The van der Waals surface area contributed by atoms with E-state index in [1.54, 1.807) is 12.1 Å². The fourth-order valence-electron chi connectivity index (χ4n) is 3.00. The highest BCUT2D eigenvalue weighted by Gasteiger charge is 2.16. The number of carbonyl (C=O) groups is 1. The van der Waals surface area contributed by atoms with Crippen LogP contribution in [-0.4, -0.2) is 26.1 Å². The number of nitrogens with zero attached hydrogens (tertiary/aromatic N) is 3. The van der Waals surface area contributed by atoms with E-state index in [0.717, 1.165) is 27.7 Å². The number of benzene rings is 2. The molecule has 4 aromatic rings. The first kappa shape index (κ1) is 16.7. The van der Waals surface area contributed by atoms with Gasteiger partial charge in [-0.1, -0.05) is 36.0 Å². The van der Waals surface area contributed by atoms with E-state index in [2.05, 4.69) is 34.5 Å². The number of hydrogen-bond acceptors (Lipinski definition) is 4. The number of hydrogen-bond donors (Lipinski definition) is 0. The molecule has 130 valence electrons. The van der Waals surface area contributed by atoms with E-state index in [1.165, 1.54) is 23.9 Å². The van der Waals surface area contributed by atoms with E-state index < -0.39 is 5.82 Å². The van der Waals surface area contributed by atoms with Crippen molar-refractivity contribution in [1.82, 2.24) is 14.6 Å². The molecule has 0 saturated heterocycles. The molecule has 2 heterocycles. The van der Waals surface area contributed by atoms with Gasteiger partial charge in [0.1, 0.15) is 5.82 Å². The summed E-state index contributed by atoms with van der Waals surface area (Å²) < 4.78 is 15.8. The molecule has 0 aliphatic carbocycles. The van der Waals surface area contributed by atoms with Gasteiger partial charge in [-0.05, 0) is 54.6 Å². The molecule has 2 aromatic carbocycles. The summed E-state index contributed by atoms with van der Waals surface area (Å²) in [7, 11) is 0. The van der Waals surface area contributed by atoms with Crippen molar-refractivity contribution in [2.24, 2.45) is 0 Å². The second-order valence-electron chi connectivity index (χ2n) is 6.22. The van der Waals surface area contributed by atoms with E-state index in [1.807, 2.05) is 18.2 Å². The van der Waals surface area contributed by atoms with Crippen LogP contribution in [0.5, 0.6) is 0 Å². The van der Waals surface area contributed by atoms with Crippen LogP contribution in [-0.2, 0) is 0 Å². The Labute approximate surface area is 154 Å². The number of pyridine rings is 1. The number of fused-ring (bicyclic) bond motifs is 3. The second-order valence-corrected chi connectivity index (χ2v) is 7.17. The Morgan fingerprint density at radius 3 is 2.73 bits per heavy atom. The minimum absolute atomic E-state index is 0.100. The molecule has 4 rings (SSSR count). The SMILES string of the molecule is Cc1ccc2cc(C)c3nnc(SCC(=O)c4ccccc4F)n3c2c1. The Hall–Kier alpha value is -2.73. The fourth-order valence-corrected chi connectivity index (χ4v) is 3.83. The lowest BCUT2D eigenvalue weighted by Gasteiger charge is -2.08. The minimum atomic E-state index is -0.499. The normalized spacial score (nSPS) is 11.3. The molecule has 0 spiro atoms. The predicted molar refractivity (Wildman–Crippen MR) is 101 cm³/mol. The van der Waals surface area contributed by atoms with Gasteiger partial charge in [0.05, 0.1) is 16.8 Å². The van der Waals surface area contributed by atoms with E-state index >= 15 is 0 Å². The molecule has 0 atom stereocenters. The highest BCUT2D eigenvalue weighted by molar-refractivity contribution is 7.99. The number of aryl methyl sites for hydroxylation is 2. The van der Waals surface area contributed by atoms with Crippen molar-refractivity contribution in [1.29, 1.82) is 0 Å². The molecule has 0 fully saturated rings. The first-order chi connectivity index (χ1) is 12.5. The lowest BCUT2D eigenvalue weighted by Crippen LogP contribution is -2.06. The van der Waals surface area contributed by atoms with Crippen LogP contribution in [0.3, 0.4) is 0 Å². The summed E-state index contributed by atoms with van der Waals surface area (Å²) in [5.74, 6) is -0.665. The second kappa shape index (κ2) is 6.53. The Bertz CT molecular complexity index is 1150. The Kier molecular flexibility index (Phi) is 4.20. The zero-order valence-electron chi connectivity index (χ0n) is 14.4. The van der Waals surface area contributed by atoms with Gasteiger partial charge in [-0.3, -0.25) is 9.20 Å². The van der Waals surface area contributed by atoms with Gasteiger partial charge in [-0.15, -0.1) is 10.2 Å². The maximum absolute atomic E-state index is 13.8. The van der Waals surface area contributed by atoms with Gasteiger partial charge in [-0.2, -0.15) is 0 Å². The maximum Gasteiger partial charge on any atom is 0.196 e. The standard InChI is InChI=1S/C20H16FN3OS/c1-12-7-8-14-10-13(2)19-22-23-20(24(19)17(14)9-12)26-11-18(25)15-5-3-4-6-16(15)21/h3-10H,11H2,1-2H3. The zero-order valence-corrected chi connectivity index (χ0v) is 15.2. The summed E-state index contributed by atoms with van der Waals surface area (Å²) in [5.41, 5.74) is 4.02. The number of carbonyl (C=O) groups excluding carboxylic acids is 1. The van der Waals surface area contributed by atoms with Crippen molar-refractivity contribution in [3.63, 3.8) is 0 Å². The molecule has 0 amide bonds. The average molecular weight is 365 g/mol. The summed E-state index contributed by atoms with van der Waals surface area (Å²) in [6, 6.07) is 14.3. The van der Waals surface area contributed by atoms with Gasteiger partial charge in [-0.25, -0.2) is 4.39 Å². The van der Waals surface area contributed by atoms with Crippen LogP contribution < -0.4 is 0 Å². The molecule has 0 bridgehead atoms. The van der Waals surface area contributed by atoms with Gasteiger partial charge in [0.2, 0.25) is 0 Å². The monoisotopic (exact) mass is 365 g/mol. The average Bonchev–Trinajstić information content (AvgIpc) is 3.06. The lowest BCUT2D eigenvalue weighted by molar-refractivity contribution is 0.101. The highest BCUT2D eigenvalue weighted by Crippen LogP contribution is 2.27. The third kappa shape index (κ3) is 2.86. The number of halogens is 1. The van der Waals surface area contributed by atoms with E-state index in [-0.39, 0.29) is 17.1 Å². The molecule has 0 radical (unpaired) electrons. The largest absolute Gasteiger partial charge is 0.293 e. The molecule has 0 N–H and O–H groups in total. The summed E-state index contributed by atoms with van der Waals surface area (Å²) in [5, 5.41) is 10.2. The van der Waals surface area contributed by atoms with Crippen molar-refractivity contribution >= 4 is 34.1 Å². The molecule has 2 aromatic heterocycles. The van der Waals surface area contributed by atoms with E-state index in [9.17, 15) is 9.18 Å². The van der Waals surface area contributed by atoms with Crippen LogP contribution in [0.1, 0.15) is 21.5 Å². The van der Waals surface area contributed by atoms with Crippen LogP contribution in [0, 0.1) is 19.7 Å². The van der Waals surface area contributed by atoms with Gasteiger partial charge < -0.3 is 0 Å². The van der Waals surface area contributed by atoms with Gasteiger partial charge in [0.25, 0.3) is 0 Å². The van der Waals surface area contributed by atoms with Crippen LogP contribution in [0.2, 0.25) is 0 Å². The predicted octanol–water partition coefficient (Wildman–Crippen LogP) is 4.61. The molecule has 0 aliphatic heterocycles. The van der Waals surface area contributed by atoms with Crippen molar-refractivity contribution in [2.45, 2.75) is 19.0 Å². The fraction of sp³-hybridized carbons (Fsp3) is 0.150. The maximum atomic E-state index is 13.8. The van der Waals surface area contributed by atoms with Gasteiger partial charge in [0.15, 0.2) is 16.6 Å². The molecule has 0 unspecified atom stereocenters. The van der Waals surface area contributed by atoms with Crippen molar-refractivity contribution < 1.29 is 9.18 Å². The number of Topliss-reactive ketones (excluding diaryl/α,β-unsaturated/α-hetero) is 1. The van der Waals surface area contributed by atoms with E-state index in [0.29, 0.717) is 5.16 Å². The quantitative estimate of drug-likeness (QED) is 0.391.